The predicted molar refractivity (Wildman–Crippen MR) is 134 cm³/mol. The van der Waals surface area contributed by atoms with Crippen molar-refractivity contribution in [2.24, 2.45) is 0 Å². The fourth-order valence-electron chi connectivity index (χ4n) is 5.35. The minimum atomic E-state index is 0.154. The molecule has 0 spiro atoms. The van der Waals surface area contributed by atoms with Gasteiger partial charge in [0.1, 0.15) is 0 Å². The Kier molecular flexibility index (Phi) is 5.79. The van der Waals surface area contributed by atoms with Crippen LogP contribution in [0.1, 0.15) is 54.9 Å². The lowest BCUT2D eigenvalue weighted by atomic mass is 10.0. The number of allylic oxidation sites excluding steroid dienone is 1. The number of nitrogens with zero attached hydrogens (tertiary/aromatic N) is 5. The van der Waals surface area contributed by atoms with Crippen molar-refractivity contribution >= 4 is 28.8 Å². The van der Waals surface area contributed by atoms with Gasteiger partial charge < -0.3 is 9.30 Å². The lowest BCUT2D eigenvalue weighted by molar-refractivity contribution is -0.113. The van der Waals surface area contributed by atoms with E-state index in [2.05, 4.69) is 46.8 Å². The molecule has 0 N–H and O–H groups in total. The molecule has 6 heteroatoms. The Morgan fingerprint density at radius 1 is 1.06 bits per heavy atom. The minimum absolute atomic E-state index is 0.154. The van der Waals surface area contributed by atoms with Crippen LogP contribution in [-0.2, 0) is 11.2 Å². The first kappa shape index (κ1) is 21.8. The van der Waals surface area contributed by atoms with E-state index in [9.17, 15) is 4.79 Å². The number of aryl methyl sites for hydroxylation is 3. The second-order valence-corrected chi connectivity index (χ2v) is 9.33. The highest BCUT2D eigenvalue weighted by atomic mass is 16.1. The minimum Gasteiger partial charge on any atom is -0.369 e. The summed E-state index contributed by atoms with van der Waals surface area (Å²) in [5.74, 6) is 0.154. The summed E-state index contributed by atoms with van der Waals surface area (Å²) < 4.78 is 1.98. The summed E-state index contributed by atoms with van der Waals surface area (Å²) in [5, 5.41) is 0. The van der Waals surface area contributed by atoms with Gasteiger partial charge in [0.05, 0.1) is 17.1 Å². The molecule has 0 amide bonds. The molecule has 1 saturated heterocycles. The Balaban J connectivity index is 1.47. The number of anilines is 1. The standard InChI is InChI=1S/C27H33N5O/c1-5-22-16-31(12-11-30(22)6-2)23-9-7-21-14-24(26(33)10-8-20(21)13-23)25-17-32-15-18(3)28-19(4)27(32)29-25/h7,9,13-15,17,22H,5-6,8,10-12,16H2,1-4H3/t22-/m0/s1. The highest BCUT2D eigenvalue weighted by Crippen LogP contribution is 2.31. The van der Waals surface area contributed by atoms with Crippen molar-refractivity contribution in [2.75, 3.05) is 31.1 Å². The van der Waals surface area contributed by atoms with Crippen LogP contribution < -0.4 is 4.90 Å². The lowest BCUT2D eigenvalue weighted by Gasteiger charge is -2.42. The normalized spacial score (nSPS) is 19.5. The van der Waals surface area contributed by atoms with E-state index in [0.717, 1.165) is 60.9 Å². The zero-order valence-electron chi connectivity index (χ0n) is 20.1. The van der Waals surface area contributed by atoms with Gasteiger partial charge in [-0.15, -0.1) is 0 Å². The third-order valence-electron chi connectivity index (χ3n) is 7.20. The number of ketones is 1. The van der Waals surface area contributed by atoms with E-state index in [-0.39, 0.29) is 5.78 Å². The summed E-state index contributed by atoms with van der Waals surface area (Å²) in [6, 6.07) is 7.31. The fraction of sp³-hybridized carbons (Fsp3) is 0.444. The van der Waals surface area contributed by atoms with Crippen LogP contribution in [0.25, 0.3) is 17.3 Å². The number of carbonyl (C=O) groups excluding carboxylic acids is 1. The molecule has 1 fully saturated rings. The Labute approximate surface area is 196 Å². The summed E-state index contributed by atoms with van der Waals surface area (Å²) in [6.45, 7) is 12.8. The molecule has 0 radical (unpaired) electrons. The maximum Gasteiger partial charge on any atom is 0.165 e. The number of carbonyl (C=O) groups is 1. The molecule has 33 heavy (non-hydrogen) atoms. The second kappa shape index (κ2) is 8.75. The number of fused-ring (bicyclic) bond motifs is 2. The van der Waals surface area contributed by atoms with Crippen LogP contribution in [0.2, 0.25) is 0 Å². The third kappa shape index (κ3) is 4.08. The molecule has 1 aliphatic heterocycles. The Morgan fingerprint density at radius 3 is 2.70 bits per heavy atom. The fourth-order valence-corrected chi connectivity index (χ4v) is 5.35. The van der Waals surface area contributed by atoms with Gasteiger partial charge in [0.25, 0.3) is 0 Å². The quantitative estimate of drug-likeness (QED) is 0.601. The van der Waals surface area contributed by atoms with Gasteiger partial charge >= 0.3 is 0 Å². The number of hydrogen-bond acceptors (Lipinski definition) is 5. The van der Waals surface area contributed by atoms with Crippen molar-refractivity contribution in [1.29, 1.82) is 0 Å². The Morgan fingerprint density at radius 2 is 1.91 bits per heavy atom. The number of Topliss-reactive ketones (excluding diaryl/α,β-unsaturated/α-hetero) is 1. The molecule has 0 unspecified atom stereocenters. The smallest absolute Gasteiger partial charge is 0.165 e. The third-order valence-corrected chi connectivity index (χ3v) is 7.20. The number of rotatable bonds is 4. The molecule has 0 saturated carbocycles. The first-order valence-electron chi connectivity index (χ1n) is 12.2. The number of piperazine rings is 1. The molecular formula is C27H33N5O. The molecule has 2 aromatic heterocycles. The Bertz CT molecular complexity index is 1240. The molecule has 3 aromatic rings. The molecule has 6 nitrogen and oxygen atoms in total. The van der Waals surface area contributed by atoms with Crippen molar-refractivity contribution in [2.45, 2.75) is 53.0 Å². The van der Waals surface area contributed by atoms with Gasteiger partial charge in [-0.3, -0.25) is 14.7 Å². The number of imidazole rings is 1. The highest BCUT2D eigenvalue weighted by molar-refractivity contribution is 6.25. The van der Waals surface area contributed by atoms with Gasteiger partial charge in [0.15, 0.2) is 11.4 Å². The van der Waals surface area contributed by atoms with Gasteiger partial charge in [-0.05, 0) is 62.6 Å². The largest absolute Gasteiger partial charge is 0.369 e. The Hall–Kier alpha value is -2.99. The van der Waals surface area contributed by atoms with Crippen LogP contribution >= 0.6 is 0 Å². The lowest BCUT2D eigenvalue weighted by Crippen LogP contribution is -2.52. The summed E-state index contributed by atoms with van der Waals surface area (Å²) >= 11 is 0. The molecular weight excluding hydrogens is 410 g/mol. The van der Waals surface area contributed by atoms with Crippen molar-refractivity contribution in [3.63, 3.8) is 0 Å². The molecule has 1 aromatic carbocycles. The molecule has 2 aliphatic rings. The first-order valence-corrected chi connectivity index (χ1v) is 12.2. The molecule has 1 atom stereocenters. The van der Waals surface area contributed by atoms with Gasteiger partial charge in [-0.25, -0.2) is 4.98 Å². The van der Waals surface area contributed by atoms with Gasteiger partial charge in [-0.2, -0.15) is 0 Å². The topological polar surface area (TPSA) is 53.7 Å². The van der Waals surface area contributed by atoms with Crippen LogP contribution in [-0.4, -0.2) is 57.3 Å². The first-order chi connectivity index (χ1) is 16.0. The van der Waals surface area contributed by atoms with Crippen molar-refractivity contribution in [3.05, 3.63) is 58.8 Å². The second-order valence-electron chi connectivity index (χ2n) is 9.33. The zero-order chi connectivity index (χ0) is 23.1. The maximum absolute atomic E-state index is 13.1. The van der Waals surface area contributed by atoms with Crippen LogP contribution in [0.5, 0.6) is 0 Å². The monoisotopic (exact) mass is 443 g/mol. The van der Waals surface area contributed by atoms with Crippen LogP contribution in [0.15, 0.2) is 30.6 Å². The molecule has 0 bridgehead atoms. The van der Waals surface area contributed by atoms with E-state index < -0.39 is 0 Å². The summed E-state index contributed by atoms with van der Waals surface area (Å²) in [4.78, 5) is 27.5. The number of aromatic nitrogens is 3. The van der Waals surface area contributed by atoms with E-state index in [4.69, 9.17) is 4.98 Å². The zero-order valence-corrected chi connectivity index (χ0v) is 20.1. The number of likely N-dealkylation sites (N-methyl/N-ethyl adjacent to an activating group) is 1. The molecule has 5 rings (SSSR count). The van der Waals surface area contributed by atoms with E-state index in [1.165, 1.54) is 17.7 Å². The van der Waals surface area contributed by atoms with Gasteiger partial charge in [0, 0.05) is 55.8 Å². The van der Waals surface area contributed by atoms with E-state index in [1.807, 2.05) is 36.7 Å². The van der Waals surface area contributed by atoms with Gasteiger partial charge in [-0.1, -0.05) is 19.9 Å². The summed E-state index contributed by atoms with van der Waals surface area (Å²) in [5.41, 5.74) is 7.70. The molecule has 1 aliphatic carbocycles. The SMILES string of the molecule is CC[C@H]1CN(c2ccc3c(c2)CCC(=O)C(c2cn4cc(C)nc(C)c4n2)=C3)CCN1CC. The van der Waals surface area contributed by atoms with Crippen molar-refractivity contribution in [3.8, 4) is 0 Å². The van der Waals surface area contributed by atoms with Crippen molar-refractivity contribution in [1.82, 2.24) is 19.3 Å². The van der Waals surface area contributed by atoms with Crippen LogP contribution in [0.3, 0.4) is 0 Å². The van der Waals surface area contributed by atoms with Crippen LogP contribution in [0.4, 0.5) is 5.69 Å². The van der Waals surface area contributed by atoms with E-state index in [1.54, 1.807) is 0 Å². The maximum atomic E-state index is 13.1. The highest BCUT2D eigenvalue weighted by Gasteiger charge is 2.26. The molecule has 3 heterocycles. The van der Waals surface area contributed by atoms with Gasteiger partial charge in [0.2, 0.25) is 0 Å². The summed E-state index contributed by atoms with van der Waals surface area (Å²) in [7, 11) is 0. The van der Waals surface area contributed by atoms with E-state index >= 15 is 0 Å². The number of hydrogen-bond donors (Lipinski definition) is 0. The van der Waals surface area contributed by atoms with Crippen LogP contribution in [0, 0.1) is 13.8 Å². The predicted octanol–water partition coefficient (Wildman–Crippen LogP) is 4.32. The average Bonchev–Trinajstić information content (AvgIpc) is 3.17. The van der Waals surface area contributed by atoms with E-state index in [0.29, 0.717) is 18.0 Å². The van der Waals surface area contributed by atoms with Crippen molar-refractivity contribution < 1.29 is 4.79 Å². The average molecular weight is 444 g/mol. The number of benzene rings is 1. The molecule has 172 valence electrons. The summed E-state index contributed by atoms with van der Waals surface area (Å²) in [6.07, 6.45) is 8.40.